The molecule has 0 aromatic carbocycles. The number of piperidine rings is 1. The highest BCUT2D eigenvalue weighted by molar-refractivity contribution is 7.91. The summed E-state index contributed by atoms with van der Waals surface area (Å²) in [4.78, 5) is 25.7. The third-order valence-corrected chi connectivity index (χ3v) is 9.22. The third-order valence-electron chi connectivity index (χ3n) is 5.77. The Kier molecular flexibility index (Phi) is 6.96. The lowest BCUT2D eigenvalue weighted by molar-refractivity contribution is -0.119. The first-order valence-electron chi connectivity index (χ1n) is 11.0. The lowest BCUT2D eigenvalue weighted by Gasteiger charge is -2.35. The number of piperazine rings is 1. The first-order valence-corrected chi connectivity index (χ1v) is 13.3. The molecule has 9 nitrogen and oxygen atoms in total. The summed E-state index contributed by atoms with van der Waals surface area (Å²) < 4.78 is 28.0. The molecular weight excluding hydrogens is 448 g/mol. The molecule has 32 heavy (non-hydrogen) atoms. The summed E-state index contributed by atoms with van der Waals surface area (Å²) in [7, 11) is -3.55. The standard InChI is InChI=1S/C21H30N6O3S2/c1-16-14-19(24-21(23-16)26-8-4-3-5-9-26)25-10-12-27(13-11-25)32(29,30)20-7-6-18(31-20)15-22-17(2)28/h6-7,14H,3-5,8-13,15H2,1-2H3,(H,22,28). The van der Waals surface area contributed by atoms with Gasteiger partial charge in [0.2, 0.25) is 11.9 Å². The topological polar surface area (TPSA) is 98.7 Å². The number of sulfonamides is 1. The number of nitrogens with one attached hydrogen (secondary N) is 1. The van der Waals surface area contributed by atoms with Crippen molar-refractivity contribution in [3.05, 3.63) is 28.8 Å². The van der Waals surface area contributed by atoms with Crippen molar-refractivity contribution < 1.29 is 13.2 Å². The molecule has 1 amide bonds. The van der Waals surface area contributed by atoms with Crippen molar-refractivity contribution in [2.75, 3.05) is 49.1 Å². The molecule has 174 valence electrons. The van der Waals surface area contributed by atoms with E-state index in [9.17, 15) is 13.2 Å². The number of hydrogen-bond acceptors (Lipinski definition) is 8. The van der Waals surface area contributed by atoms with E-state index in [1.54, 1.807) is 12.1 Å². The molecule has 2 aromatic heterocycles. The number of aromatic nitrogens is 2. The number of aryl methyl sites for hydroxylation is 1. The molecule has 2 aliphatic rings. The first kappa shape index (κ1) is 22.9. The number of thiophene rings is 1. The van der Waals surface area contributed by atoms with Crippen LogP contribution in [0.5, 0.6) is 0 Å². The fraction of sp³-hybridized carbons (Fsp3) is 0.571. The molecule has 2 saturated heterocycles. The van der Waals surface area contributed by atoms with E-state index in [-0.39, 0.29) is 5.91 Å². The molecule has 0 radical (unpaired) electrons. The molecule has 2 fully saturated rings. The maximum absolute atomic E-state index is 13.1. The summed E-state index contributed by atoms with van der Waals surface area (Å²) in [6.07, 6.45) is 3.58. The van der Waals surface area contributed by atoms with Gasteiger partial charge in [-0.15, -0.1) is 11.3 Å². The van der Waals surface area contributed by atoms with E-state index in [4.69, 9.17) is 4.98 Å². The van der Waals surface area contributed by atoms with Gasteiger partial charge < -0.3 is 15.1 Å². The zero-order valence-corrected chi connectivity index (χ0v) is 20.2. The van der Waals surface area contributed by atoms with Crippen LogP contribution in [0.4, 0.5) is 11.8 Å². The van der Waals surface area contributed by atoms with Crippen LogP contribution in [-0.4, -0.2) is 67.9 Å². The summed E-state index contributed by atoms with van der Waals surface area (Å²) >= 11 is 1.21. The van der Waals surface area contributed by atoms with Crippen LogP contribution in [-0.2, 0) is 21.4 Å². The summed E-state index contributed by atoms with van der Waals surface area (Å²) in [6.45, 7) is 7.72. The van der Waals surface area contributed by atoms with Crippen LogP contribution in [0.2, 0.25) is 0 Å². The fourth-order valence-electron chi connectivity index (χ4n) is 4.02. The van der Waals surface area contributed by atoms with E-state index >= 15 is 0 Å². The molecule has 11 heteroatoms. The first-order chi connectivity index (χ1) is 15.3. The van der Waals surface area contributed by atoms with E-state index in [0.29, 0.717) is 36.9 Å². The quantitative estimate of drug-likeness (QED) is 0.678. The Bertz CT molecular complexity index is 1060. The van der Waals surface area contributed by atoms with Gasteiger partial charge >= 0.3 is 0 Å². The van der Waals surface area contributed by atoms with Crippen LogP contribution in [0.3, 0.4) is 0 Å². The Morgan fingerprint density at radius 1 is 1.03 bits per heavy atom. The van der Waals surface area contributed by atoms with Crippen LogP contribution < -0.4 is 15.1 Å². The number of carbonyl (C=O) groups excluding carboxylic acids is 1. The highest BCUT2D eigenvalue weighted by Crippen LogP contribution is 2.27. The van der Waals surface area contributed by atoms with Gasteiger partial charge in [0.25, 0.3) is 10.0 Å². The van der Waals surface area contributed by atoms with Gasteiger partial charge in [-0.05, 0) is 38.3 Å². The smallest absolute Gasteiger partial charge is 0.252 e. The Hall–Kier alpha value is -2.24. The largest absolute Gasteiger partial charge is 0.354 e. The molecule has 0 bridgehead atoms. The summed E-state index contributed by atoms with van der Waals surface area (Å²) in [6, 6.07) is 5.36. The van der Waals surface area contributed by atoms with Gasteiger partial charge in [-0.3, -0.25) is 4.79 Å². The zero-order valence-electron chi connectivity index (χ0n) is 18.6. The van der Waals surface area contributed by atoms with Crippen molar-refractivity contribution in [1.82, 2.24) is 19.6 Å². The summed E-state index contributed by atoms with van der Waals surface area (Å²) in [5.41, 5.74) is 0.927. The monoisotopic (exact) mass is 478 g/mol. The lowest BCUT2D eigenvalue weighted by atomic mass is 10.1. The molecule has 4 rings (SSSR count). The van der Waals surface area contributed by atoms with E-state index in [2.05, 4.69) is 20.1 Å². The van der Waals surface area contributed by atoms with E-state index in [1.165, 1.54) is 41.8 Å². The summed E-state index contributed by atoms with van der Waals surface area (Å²) in [5, 5.41) is 2.70. The van der Waals surface area contributed by atoms with Crippen LogP contribution >= 0.6 is 11.3 Å². The molecule has 2 aliphatic heterocycles. The van der Waals surface area contributed by atoms with Crippen molar-refractivity contribution in [3.8, 4) is 0 Å². The van der Waals surface area contributed by atoms with Crippen LogP contribution in [0.25, 0.3) is 0 Å². The number of hydrogen-bond donors (Lipinski definition) is 1. The average molecular weight is 479 g/mol. The highest BCUT2D eigenvalue weighted by Gasteiger charge is 2.30. The fourth-order valence-corrected chi connectivity index (χ4v) is 6.89. The van der Waals surface area contributed by atoms with Crippen LogP contribution in [0.15, 0.2) is 22.4 Å². The normalized spacial score (nSPS) is 18.1. The number of carbonyl (C=O) groups is 1. The molecule has 2 aromatic rings. The Morgan fingerprint density at radius 3 is 2.44 bits per heavy atom. The molecule has 0 atom stereocenters. The van der Waals surface area contributed by atoms with Gasteiger partial charge in [0.05, 0.1) is 6.54 Å². The maximum Gasteiger partial charge on any atom is 0.252 e. The predicted molar refractivity (Wildman–Crippen MR) is 126 cm³/mol. The molecule has 0 aliphatic carbocycles. The molecule has 4 heterocycles. The predicted octanol–water partition coefficient (Wildman–Crippen LogP) is 1.98. The van der Waals surface area contributed by atoms with Gasteiger partial charge in [-0.25, -0.2) is 13.4 Å². The third kappa shape index (κ3) is 5.21. The van der Waals surface area contributed by atoms with Gasteiger partial charge in [0.1, 0.15) is 10.0 Å². The minimum absolute atomic E-state index is 0.137. The van der Waals surface area contributed by atoms with Crippen molar-refractivity contribution in [1.29, 1.82) is 0 Å². The molecule has 0 saturated carbocycles. The van der Waals surface area contributed by atoms with Crippen molar-refractivity contribution in [2.24, 2.45) is 0 Å². The number of anilines is 2. The maximum atomic E-state index is 13.1. The number of nitrogens with zero attached hydrogens (tertiary/aromatic N) is 5. The van der Waals surface area contributed by atoms with Gasteiger partial charge in [0, 0.05) is 62.8 Å². The zero-order chi connectivity index (χ0) is 22.7. The van der Waals surface area contributed by atoms with E-state index in [1.807, 2.05) is 13.0 Å². The second-order valence-corrected chi connectivity index (χ2v) is 11.6. The molecule has 0 unspecified atom stereocenters. The van der Waals surface area contributed by atoms with Crippen molar-refractivity contribution in [3.63, 3.8) is 0 Å². The number of rotatable bonds is 6. The minimum atomic E-state index is -3.55. The van der Waals surface area contributed by atoms with Crippen LogP contribution in [0.1, 0.15) is 36.8 Å². The summed E-state index contributed by atoms with van der Waals surface area (Å²) in [5.74, 6) is 1.51. The van der Waals surface area contributed by atoms with E-state index < -0.39 is 10.0 Å². The second kappa shape index (κ2) is 9.72. The highest BCUT2D eigenvalue weighted by atomic mass is 32.2. The molecule has 0 spiro atoms. The molecule has 1 N–H and O–H groups in total. The average Bonchev–Trinajstić information content (AvgIpc) is 3.28. The number of amides is 1. The van der Waals surface area contributed by atoms with Crippen molar-refractivity contribution in [2.45, 2.75) is 43.9 Å². The second-order valence-electron chi connectivity index (χ2n) is 8.24. The Morgan fingerprint density at radius 2 is 1.75 bits per heavy atom. The van der Waals surface area contributed by atoms with Crippen LogP contribution in [0, 0.1) is 6.92 Å². The van der Waals surface area contributed by atoms with Gasteiger partial charge in [-0.1, -0.05) is 0 Å². The minimum Gasteiger partial charge on any atom is -0.354 e. The SMILES string of the molecule is CC(=O)NCc1ccc(S(=O)(=O)N2CCN(c3cc(C)nc(N4CCCCC4)n3)CC2)s1. The van der Waals surface area contributed by atoms with E-state index in [0.717, 1.165) is 35.4 Å². The van der Waals surface area contributed by atoms with Gasteiger partial charge in [-0.2, -0.15) is 9.29 Å². The molecular formula is C21H30N6O3S2. The van der Waals surface area contributed by atoms with Crippen molar-refractivity contribution >= 4 is 39.0 Å². The van der Waals surface area contributed by atoms with Gasteiger partial charge in [0.15, 0.2) is 0 Å². The Labute approximate surface area is 193 Å². The Balaban J connectivity index is 1.41. The lowest BCUT2D eigenvalue weighted by Crippen LogP contribution is -2.49.